The van der Waals surface area contributed by atoms with Crippen LogP contribution in [0.4, 0.5) is 15.0 Å². The van der Waals surface area contributed by atoms with Crippen LogP contribution in [0, 0.1) is 5.82 Å². The maximum atomic E-state index is 13.2. The average Bonchev–Trinajstić information content (AvgIpc) is 3.47. The summed E-state index contributed by atoms with van der Waals surface area (Å²) in [7, 11) is 0. The summed E-state index contributed by atoms with van der Waals surface area (Å²) in [5.74, 6) is 0.287. The van der Waals surface area contributed by atoms with Gasteiger partial charge in [0.1, 0.15) is 17.7 Å². The summed E-state index contributed by atoms with van der Waals surface area (Å²) in [6.07, 6.45) is 3.97. The predicted octanol–water partition coefficient (Wildman–Crippen LogP) is 4.37. The second-order valence-electron chi connectivity index (χ2n) is 9.16. The standard InChI is InChI=1S/C26H24FN7O2/c27-20-5-1-16(2-6-20)13-33-14-19-4-3-18(11-22(19)31-33)21-12-23(34-24(21)25(28)29-15-30-34)17-7-9-32(10-8-17)26(35)36/h1-6,11-12,14-15,17H,7-10,13H2,(H,35,36)(H2,28,29,30). The number of nitrogens with zero attached hydrogens (tertiary/aromatic N) is 6. The van der Waals surface area contributed by atoms with E-state index in [1.807, 2.05) is 33.6 Å². The Bertz CT molecular complexity index is 1580. The molecule has 1 saturated heterocycles. The van der Waals surface area contributed by atoms with Gasteiger partial charge in [0.2, 0.25) is 0 Å². The molecule has 2 aromatic carbocycles. The largest absolute Gasteiger partial charge is 0.465 e. The number of amides is 1. The normalized spacial score (nSPS) is 14.6. The molecule has 0 bridgehead atoms. The first-order valence-corrected chi connectivity index (χ1v) is 11.8. The number of aromatic nitrogens is 5. The number of hydrogen-bond acceptors (Lipinski definition) is 5. The van der Waals surface area contributed by atoms with E-state index in [1.54, 1.807) is 12.1 Å². The Balaban J connectivity index is 1.36. The van der Waals surface area contributed by atoms with Gasteiger partial charge in [-0.1, -0.05) is 24.3 Å². The lowest BCUT2D eigenvalue weighted by atomic mass is 9.93. The van der Waals surface area contributed by atoms with Gasteiger partial charge in [-0.25, -0.2) is 18.7 Å². The third-order valence-corrected chi connectivity index (χ3v) is 6.92. The molecule has 3 N–H and O–H groups in total. The number of rotatable bonds is 4. The van der Waals surface area contributed by atoms with Crippen LogP contribution in [0.2, 0.25) is 0 Å². The maximum absolute atomic E-state index is 13.2. The molecule has 36 heavy (non-hydrogen) atoms. The minimum atomic E-state index is -0.882. The van der Waals surface area contributed by atoms with Gasteiger partial charge in [0.05, 0.1) is 12.1 Å². The van der Waals surface area contributed by atoms with Crippen molar-refractivity contribution in [1.29, 1.82) is 0 Å². The predicted molar refractivity (Wildman–Crippen MR) is 133 cm³/mol. The number of likely N-dealkylation sites (tertiary alicyclic amines) is 1. The smallest absolute Gasteiger partial charge is 0.407 e. The number of fused-ring (bicyclic) bond motifs is 2. The quantitative estimate of drug-likeness (QED) is 0.391. The molecule has 0 aliphatic carbocycles. The van der Waals surface area contributed by atoms with Crippen LogP contribution in [0.1, 0.15) is 30.0 Å². The molecule has 9 nitrogen and oxygen atoms in total. The highest BCUT2D eigenvalue weighted by atomic mass is 19.1. The van der Waals surface area contributed by atoms with E-state index in [0.717, 1.165) is 38.8 Å². The van der Waals surface area contributed by atoms with Gasteiger partial charge < -0.3 is 15.7 Å². The van der Waals surface area contributed by atoms with Gasteiger partial charge >= 0.3 is 6.09 Å². The van der Waals surface area contributed by atoms with Crippen LogP contribution in [-0.4, -0.2) is 53.6 Å². The number of halogens is 1. The van der Waals surface area contributed by atoms with Crippen LogP contribution >= 0.6 is 0 Å². The van der Waals surface area contributed by atoms with E-state index in [2.05, 4.69) is 16.1 Å². The molecule has 0 saturated carbocycles. The molecule has 0 atom stereocenters. The lowest BCUT2D eigenvalue weighted by molar-refractivity contribution is 0.131. The zero-order chi connectivity index (χ0) is 24.8. The van der Waals surface area contributed by atoms with E-state index in [-0.39, 0.29) is 11.7 Å². The van der Waals surface area contributed by atoms with Crippen molar-refractivity contribution in [3.8, 4) is 11.1 Å². The SMILES string of the molecule is Nc1ncnn2c(C3CCN(C(=O)O)CC3)cc(-c3ccc4cn(Cc5ccc(F)cc5)nc4c3)c12. The molecule has 0 unspecified atom stereocenters. The zero-order valence-corrected chi connectivity index (χ0v) is 19.4. The van der Waals surface area contributed by atoms with Crippen molar-refractivity contribution < 1.29 is 14.3 Å². The summed E-state index contributed by atoms with van der Waals surface area (Å²) in [5.41, 5.74) is 11.7. The van der Waals surface area contributed by atoms with E-state index in [4.69, 9.17) is 10.8 Å². The highest BCUT2D eigenvalue weighted by molar-refractivity contribution is 5.92. The van der Waals surface area contributed by atoms with Gasteiger partial charge in [-0.15, -0.1) is 0 Å². The Labute approximate surface area is 205 Å². The second kappa shape index (κ2) is 8.63. The van der Waals surface area contributed by atoms with Crippen molar-refractivity contribution in [3.63, 3.8) is 0 Å². The number of hydrogen-bond donors (Lipinski definition) is 2. The molecule has 10 heteroatoms. The third kappa shape index (κ3) is 3.90. The number of nitrogen functional groups attached to an aromatic ring is 1. The van der Waals surface area contributed by atoms with Gasteiger partial charge in [0, 0.05) is 41.8 Å². The fourth-order valence-corrected chi connectivity index (χ4v) is 5.06. The van der Waals surface area contributed by atoms with Crippen LogP contribution in [0.15, 0.2) is 61.1 Å². The van der Waals surface area contributed by atoms with Gasteiger partial charge in [-0.2, -0.15) is 10.2 Å². The summed E-state index contributed by atoms with van der Waals surface area (Å²) in [6, 6.07) is 14.6. The third-order valence-electron chi connectivity index (χ3n) is 6.92. The molecule has 182 valence electrons. The highest BCUT2D eigenvalue weighted by Crippen LogP contribution is 2.37. The lowest BCUT2D eigenvalue weighted by Gasteiger charge is -2.29. The molecular weight excluding hydrogens is 461 g/mol. The maximum Gasteiger partial charge on any atom is 0.407 e. The Kier molecular flexibility index (Phi) is 5.28. The van der Waals surface area contributed by atoms with Crippen LogP contribution < -0.4 is 5.73 Å². The number of carboxylic acid groups (broad SMARTS) is 1. The van der Waals surface area contributed by atoms with Crippen molar-refractivity contribution in [1.82, 2.24) is 29.3 Å². The van der Waals surface area contributed by atoms with Gasteiger partial charge in [0.15, 0.2) is 5.82 Å². The molecular formula is C26H24FN7O2. The molecule has 4 heterocycles. The molecule has 1 aliphatic rings. The molecule has 6 rings (SSSR count). The molecule has 0 spiro atoms. The van der Waals surface area contributed by atoms with Crippen LogP contribution in [0.25, 0.3) is 27.5 Å². The molecule has 1 fully saturated rings. The molecule has 0 radical (unpaired) electrons. The van der Waals surface area contributed by atoms with E-state index in [9.17, 15) is 14.3 Å². The number of nitrogens with two attached hydrogens (primary N) is 1. The fourth-order valence-electron chi connectivity index (χ4n) is 5.06. The monoisotopic (exact) mass is 485 g/mol. The first kappa shape index (κ1) is 22.0. The summed E-state index contributed by atoms with van der Waals surface area (Å²) >= 11 is 0. The summed E-state index contributed by atoms with van der Waals surface area (Å²) < 4.78 is 16.9. The van der Waals surface area contributed by atoms with E-state index >= 15 is 0 Å². The van der Waals surface area contributed by atoms with Crippen LogP contribution in [0.5, 0.6) is 0 Å². The van der Waals surface area contributed by atoms with Gasteiger partial charge in [-0.3, -0.25) is 4.68 Å². The number of carbonyl (C=O) groups is 1. The Morgan fingerprint density at radius 1 is 1.11 bits per heavy atom. The summed E-state index contributed by atoms with van der Waals surface area (Å²) in [5, 5.41) is 19.5. The van der Waals surface area contributed by atoms with E-state index in [0.29, 0.717) is 38.3 Å². The Hall–Kier alpha value is -4.47. The fraction of sp³-hybridized carbons (Fsp3) is 0.231. The van der Waals surface area contributed by atoms with Crippen molar-refractivity contribution in [2.45, 2.75) is 25.3 Å². The number of benzene rings is 2. The molecule has 3 aromatic heterocycles. The van der Waals surface area contributed by atoms with Gasteiger partial charge in [0.25, 0.3) is 0 Å². The number of anilines is 1. The first-order chi connectivity index (χ1) is 17.5. The minimum absolute atomic E-state index is 0.162. The first-order valence-electron chi connectivity index (χ1n) is 11.8. The molecule has 1 aliphatic heterocycles. The van der Waals surface area contributed by atoms with Crippen LogP contribution in [-0.2, 0) is 6.54 Å². The van der Waals surface area contributed by atoms with E-state index < -0.39 is 6.09 Å². The second-order valence-corrected chi connectivity index (χ2v) is 9.16. The molecule has 5 aromatic rings. The minimum Gasteiger partial charge on any atom is -0.465 e. The number of piperidine rings is 1. The van der Waals surface area contributed by atoms with E-state index in [1.165, 1.54) is 23.4 Å². The van der Waals surface area contributed by atoms with Gasteiger partial charge in [-0.05, 0) is 48.2 Å². The lowest BCUT2D eigenvalue weighted by Crippen LogP contribution is -2.37. The van der Waals surface area contributed by atoms with Crippen LogP contribution in [0.3, 0.4) is 0 Å². The highest BCUT2D eigenvalue weighted by Gasteiger charge is 2.27. The van der Waals surface area contributed by atoms with Crippen molar-refractivity contribution in [2.24, 2.45) is 0 Å². The van der Waals surface area contributed by atoms with Crippen molar-refractivity contribution >= 4 is 28.3 Å². The topological polar surface area (TPSA) is 115 Å². The molecule has 1 amide bonds. The summed E-state index contributed by atoms with van der Waals surface area (Å²) in [6.45, 7) is 1.51. The Morgan fingerprint density at radius 2 is 1.89 bits per heavy atom. The summed E-state index contributed by atoms with van der Waals surface area (Å²) in [4.78, 5) is 17.0. The van der Waals surface area contributed by atoms with Crippen molar-refractivity contribution in [2.75, 3.05) is 18.8 Å². The Morgan fingerprint density at radius 3 is 2.64 bits per heavy atom. The van der Waals surface area contributed by atoms with Crippen molar-refractivity contribution in [3.05, 3.63) is 78.1 Å². The average molecular weight is 486 g/mol. The zero-order valence-electron chi connectivity index (χ0n) is 19.4.